The highest BCUT2D eigenvalue weighted by atomic mass is 32.1. The molecule has 1 aromatic heterocycles. The Labute approximate surface area is 146 Å². The van der Waals surface area contributed by atoms with E-state index in [1.807, 2.05) is 25.1 Å². The highest BCUT2D eigenvalue weighted by Gasteiger charge is 2.26. The maximum atomic E-state index is 12.4. The minimum Gasteiger partial charge on any atom is -0.496 e. The third-order valence-electron chi connectivity index (χ3n) is 4.49. The van der Waals surface area contributed by atoms with Crippen molar-refractivity contribution in [2.75, 3.05) is 26.7 Å². The van der Waals surface area contributed by atoms with Crippen LogP contribution in [0.15, 0.2) is 29.8 Å². The molecule has 0 bridgehead atoms. The summed E-state index contributed by atoms with van der Waals surface area (Å²) in [4.78, 5) is 19.7. The summed E-state index contributed by atoms with van der Waals surface area (Å²) in [6.45, 7) is 4.54. The number of ether oxygens (including phenoxy) is 1. The van der Waals surface area contributed by atoms with Gasteiger partial charge >= 0.3 is 0 Å². The number of para-hydroxylation sites is 1. The Morgan fingerprint density at radius 1 is 1.38 bits per heavy atom. The molecule has 1 aliphatic heterocycles. The summed E-state index contributed by atoms with van der Waals surface area (Å²) in [5, 5.41) is 3.09. The lowest BCUT2D eigenvalue weighted by Gasteiger charge is -2.29. The normalized spacial score (nSPS) is 16.1. The predicted molar refractivity (Wildman–Crippen MR) is 95.7 cm³/mol. The average molecular weight is 345 g/mol. The zero-order valence-electron chi connectivity index (χ0n) is 14.1. The average Bonchev–Trinajstić information content (AvgIpc) is 3.27. The number of aromatic nitrogens is 1. The molecule has 1 atom stereocenters. The fraction of sp³-hybridized carbons (Fsp3) is 0.444. The van der Waals surface area contributed by atoms with Crippen LogP contribution in [0.5, 0.6) is 5.75 Å². The molecule has 0 spiro atoms. The number of hydrogen-bond donors (Lipinski definition) is 1. The first-order valence-corrected chi connectivity index (χ1v) is 9.14. The number of aryl methyl sites for hydroxylation is 1. The molecule has 1 aromatic carbocycles. The molecule has 24 heavy (non-hydrogen) atoms. The lowest BCUT2D eigenvalue weighted by atomic mass is 10.0. The van der Waals surface area contributed by atoms with Gasteiger partial charge < -0.3 is 10.1 Å². The summed E-state index contributed by atoms with van der Waals surface area (Å²) in [5.74, 6) is 0.826. The van der Waals surface area contributed by atoms with Crippen LogP contribution in [0.25, 0.3) is 0 Å². The van der Waals surface area contributed by atoms with Crippen LogP contribution in [-0.2, 0) is 0 Å². The van der Waals surface area contributed by atoms with Crippen LogP contribution in [0.2, 0.25) is 0 Å². The van der Waals surface area contributed by atoms with E-state index in [2.05, 4.69) is 21.3 Å². The van der Waals surface area contributed by atoms with E-state index in [0.29, 0.717) is 11.4 Å². The Hall–Kier alpha value is -1.92. The highest BCUT2D eigenvalue weighted by molar-refractivity contribution is 7.11. The third kappa shape index (κ3) is 3.60. The van der Waals surface area contributed by atoms with Crippen molar-refractivity contribution >= 4 is 17.2 Å². The largest absolute Gasteiger partial charge is 0.496 e. The van der Waals surface area contributed by atoms with Crippen LogP contribution in [0.1, 0.15) is 39.8 Å². The summed E-state index contributed by atoms with van der Waals surface area (Å²) in [6, 6.07) is 8.19. The monoisotopic (exact) mass is 345 g/mol. The second-order valence-corrected chi connectivity index (χ2v) is 6.83. The minimum absolute atomic E-state index is 0.0471. The molecule has 1 N–H and O–H groups in total. The van der Waals surface area contributed by atoms with E-state index in [4.69, 9.17) is 4.74 Å². The van der Waals surface area contributed by atoms with Crippen molar-refractivity contribution in [3.8, 4) is 5.75 Å². The molecule has 6 heteroatoms. The maximum absolute atomic E-state index is 12.4. The van der Waals surface area contributed by atoms with Gasteiger partial charge in [-0.05, 0) is 38.9 Å². The van der Waals surface area contributed by atoms with Gasteiger partial charge in [-0.3, -0.25) is 9.69 Å². The fourth-order valence-electron chi connectivity index (χ4n) is 3.22. The van der Waals surface area contributed by atoms with Crippen molar-refractivity contribution in [2.24, 2.45) is 0 Å². The lowest BCUT2D eigenvalue weighted by Crippen LogP contribution is -2.37. The van der Waals surface area contributed by atoms with Gasteiger partial charge in [0.1, 0.15) is 10.6 Å². The second-order valence-electron chi connectivity index (χ2n) is 5.98. The minimum atomic E-state index is -0.0471. The lowest BCUT2D eigenvalue weighted by molar-refractivity contribution is 0.0940. The molecule has 1 aliphatic rings. The Balaban J connectivity index is 1.78. The standard InChI is InChI=1S/C18H23N3O2S/c1-13-17(24-12-20-13)18(22)19-11-15(21-9-5-6-10-21)14-7-3-4-8-16(14)23-2/h3-4,7-8,12,15H,5-6,9-11H2,1-2H3,(H,19,22). The molecule has 2 aromatic rings. The quantitative estimate of drug-likeness (QED) is 0.874. The molecular formula is C18H23N3O2S. The molecule has 5 nitrogen and oxygen atoms in total. The van der Waals surface area contributed by atoms with Crippen molar-refractivity contribution in [1.29, 1.82) is 0 Å². The molecule has 1 unspecified atom stereocenters. The number of thiazole rings is 1. The van der Waals surface area contributed by atoms with Gasteiger partial charge in [0.15, 0.2) is 0 Å². The Morgan fingerprint density at radius 2 is 2.12 bits per heavy atom. The van der Waals surface area contributed by atoms with Crippen molar-refractivity contribution < 1.29 is 9.53 Å². The molecule has 128 valence electrons. The highest BCUT2D eigenvalue weighted by Crippen LogP contribution is 2.31. The van der Waals surface area contributed by atoms with Gasteiger partial charge in [-0.15, -0.1) is 11.3 Å². The van der Waals surface area contributed by atoms with Crippen LogP contribution < -0.4 is 10.1 Å². The van der Waals surface area contributed by atoms with Crippen molar-refractivity contribution in [1.82, 2.24) is 15.2 Å². The van der Waals surface area contributed by atoms with Crippen molar-refractivity contribution in [3.05, 3.63) is 45.9 Å². The van der Waals surface area contributed by atoms with Gasteiger partial charge in [0.2, 0.25) is 0 Å². The van der Waals surface area contributed by atoms with Crippen LogP contribution in [0, 0.1) is 6.92 Å². The van der Waals surface area contributed by atoms with Gasteiger partial charge in [-0.2, -0.15) is 0 Å². The van der Waals surface area contributed by atoms with E-state index in [-0.39, 0.29) is 11.9 Å². The van der Waals surface area contributed by atoms with Crippen molar-refractivity contribution in [3.63, 3.8) is 0 Å². The number of amides is 1. The number of nitrogens with one attached hydrogen (secondary N) is 1. The van der Waals surface area contributed by atoms with E-state index in [1.54, 1.807) is 12.6 Å². The number of rotatable bonds is 6. The van der Waals surface area contributed by atoms with Gasteiger partial charge in [0.25, 0.3) is 5.91 Å². The molecule has 1 fully saturated rings. The van der Waals surface area contributed by atoms with Crippen molar-refractivity contribution in [2.45, 2.75) is 25.8 Å². The summed E-state index contributed by atoms with van der Waals surface area (Å²) in [5.41, 5.74) is 3.62. The SMILES string of the molecule is COc1ccccc1C(CNC(=O)c1scnc1C)N1CCCC1. The van der Waals surface area contributed by atoms with E-state index >= 15 is 0 Å². The van der Waals surface area contributed by atoms with E-state index in [0.717, 1.165) is 30.1 Å². The van der Waals surface area contributed by atoms with Gasteiger partial charge in [-0.25, -0.2) is 4.98 Å². The zero-order chi connectivity index (χ0) is 16.9. The van der Waals surface area contributed by atoms with Crippen LogP contribution in [0.3, 0.4) is 0 Å². The smallest absolute Gasteiger partial charge is 0.263 e. The molecule has 0 radical (unpaired) electrons. The van der Waals surface area contributed by atoms with Gasteiger partial charge in [0.05, 0.1) is 24.4 Å². The molecule has 3 rings (SSSR count). The number of nitrogens with zero attached hydrogens (tertiary/aromatic N) is 2. The Morgan fingerprint density at radius 3 is 2.79 bits per heavy atom. The zero-order valence-corrected chi connectivity index (χ0v) is 14.9. The Kier molecular flexibility index (Phi) is 5.48. The van der Waals surface area contributed by atoms with Gasteiger partial charge in [-0.1, -0.05) is 18.2 Å². The molecule has 1 saturated heterocycles. The number of likely N-dealkylation sites (tertiary alicyclic amines) is 1. The first-order valence-electron chi connectivity index (χ1n) is 8.26. The Bertz CT molecular complexity index is 695. The topological polar surface area (TPSA) is 54.5 Å². The van der Waals surface area contributed by atoms with E-state index < -0.39 is 0 Å². The van der Waals surface area contributed by atoms with E-state index in [9.17, 15) is 4.79 Å². The van der Waals surface area contributed by atoms with Crippen LogP contribution in [0.4, 0.5) is 0 Å². The summed E-state index contributed by atoms with van der Waals surface area (Å²) < 4.78 is 5.54. The number of hydrogen-bond acceptors (Lipinski definition) is 5. The predicted octanol–water partition coefficient (Wildman–Crippen LogP) is 3.03. The summed E-state index contributed by atoms with van der Waals surface area (Å²) in [7, 11) is 1.69. The maximum Gasteiger partial charge on any atom is 0.263 e. The first-order chi connectivity index (χ1) is 11.7. The van der Waals surface area contributed by atoms with E-state index in [1.165, 1.54) is 24.2 Å². The number of carbonyl (C=O) groups is 1. The first kappa shape index (κ1) is 16.9. The molecule has 0 saturated carbocycles. The summed E-state index contributed by atoms with van der Waals surface area (Å²) >= 11 is 1.38. The van der Waals surface area contributed by atoms with Crippen LogP contribution in [-0.4, -0.2) is 42.5 Å². The molecule has 1 amide bonds. The van der Waals surface area contributed by atoms with Crippen LogP contribution >= 0.6 is 11.3 Å². The molecule has 0 aliphatic carbocycles. The number of carbonyl (C=O) groups excluding carboxylic acids is 1. The second kappa shape index (κ2) is 7.77. The molecule has 2 heterocycles. The van der Waals surface area contributed by atoms with Gasteiger partial charge in [0, 0.05) is 12.1 Å². The number of benzene rings is 1. The summed E-state index contributed by atoms with van der Waals surface area (Å²) in [6.07, 6.45) is 2.40. The third-order valence-corrected chi connectivity index (χ3v) is 5.41. The molecular weight excluding hydrogens is 322 g/mol. The fourth-order valence-corrected chi connectivity index (χ4v) is 3.94. The number of methoxy groups -OCH3 is 1.